The molecule has 0 bridgehead atoms. The van der Waals surface area contributed by atoms with Crippen LogP contribution >= 0.6 is 0 Å². The summed E-state index contributed by atoms with van der Waals surface area (Å²) in [6, 6.07) is 10.0. The highest BCUT2D eigenvalue weighted by Gasteiger charge is 2.19. The van der Waals surface area contributed by atoms with Gasteiger partial charge in [-0.15, -0.1) is 12.3 Å². The van der Waals surface area contributed by atoms with Crippen molar-refractivity contribution < 1.29 is 9.53 Å². The molecule has 108 valence electrons. The van der Waals surface area contributed by atoms with Gasteiger partial charge in [0.15, 0.2) is 0 Å². The number of terminal acetylenes is 1. The first-order valence-electron chi connectivity index (χ1n) is 6.87. The molecule has 1 aromatic rings. The van der Waals surface area contributed by atoms with Gasteiger partial charge < -0.3 is 10.1 Å². The van der Waals surface area contributed by atoms with E-state index in [1.165, 1.54) is 5.56 Å². The first kappa shape index (κ1) is 16.1. The fourth-order valence-electron chi connectivity index (χ4n) is 1.86. The number of carbonyl (C=O) groups is 1. The van der Waals surface area contributed by atoms with Crippen LogP contribution in [0.2, 0.25) is 0 Å². The first-order valence-corrected chi connectivity index (χ1v) is 6.87. The van der Waals surface area contributed by atoms with Gasteiger partial charge in [0.2, 0.25) is 0 Å². The van der Waals surface area contributed by atoms with E-state index in [1.807, 2.05) is 51.1 Å². The predicted molar refractivity (Wildman–Crippen MR) is 81.4 cm³/mol. The molecule has 1 rings (SSSR count). The van der Waals surface area contributed by atoms with Gasteiger partial charge in [-0.2, -0.15) is 0 Å². The van der Waals surface area contributed by atoms with Crippen LogP contribution in [0.4, 0.5) is 4.79 Å². The second kappa shape index (κ2) is 7.59. The van der Waals surface area contributed by atoms with Crippen LogP contribution in [0.15, 0.2) is 30.3 Å². The van der Waals surface area contributed by atoms with Crippen LogP contribution in [-0.4, -0.2) is 17.7 Å². The summed E-state index contributed by atoms with van der Waals surface area (Å²) in [6.07, 6.45) is 7.04. The molecule has 0 spiro atoms. The van der Waals surface area contributed by atoms with Crippen LogP contribution in [0.25, 0.3) is 0 Å². The highest BCUT2D eigenvalue weighted by atomic mass is 16.6. The molecule has 0 fully saturated rings. The van der Waals surface area contributed by atoms with E-state index in [4.69, 9.17) is 11.2 Å². The Morgan fingerprint density at radius 1 is 1.35 bits per heavy atom. The lowest BCUT2D eigenvalue weighted by molar-refractivity contribution is 0.0502. The van der Waals surface area contributed by atoms with E-state index in [1.54, 1.807) is 0 Å². The Morgan fingerprint density at radius 2 is 2.00 bits per heavy atom. The number of rotatable bonds is 5. The minimum absolute atomic E-state index is 0.0108. The van der Waals surface area contributed by atoms with Crippen LogP contribution in [-0.2, 0) is 11.2 Å². The van der Waals surface area contributed by atoms with Gasteiger partial charge in [0.1, 0.15) is 5.60 Å². The molecule has 1 amide bonds. The first-order chi connectivity index (χ1) is 9.40. The van der Waals surface area contributed by atoms with Crippen molar-refractivity contribution in [3.05, 3.63) is 35.9 Å². The van der Waals surface area contributed by atoms with Gasteiger partial charge in [-0.3, -0.25) is 0 Å². The van der Waals surface area contributed by atoms with E-state index < -0.39 is 11.7 Å². The second-order valence-electron chi connectivity index (χ2n) is 5.78. The van der Waals surface area contributed by atoms with Crippen molar-refractivity contribution in [2.45, 2.75) is 51.7 Å². The summed E-state index contributed by atoms with van der Waals surface area (Å²) < 4.78 is 5.28. The predicted octanol–water partition coefficient (Wildman–Crippen LogP) is 3.54. The van der Waals surface area contributed by atoms with E-state index in [-0.39, 0.29) is 6.04 Å². The summed E-state index contributed by atoms with van der Waals surface area (Å²) in [5.41, 5.74) is 0.679. The number of hydrogen-bond acceptors (Lipinski definition) is 2. The van der Waals surface area contributed by atoms with Crippen molar-refractivity contribution >= 4 is 6.09 Å². The molecule has 0 unspecified atom stereocenters. The summed E-state index contributed by atoms with van der Waals surface area (Å²) in [4.78, 5) is 11.8. The molecule has 0 saturated carbocycles. The molecule has 0 aliphatic rings. The fourth-order valence-corrected chi connectivity index (χ4v) is 1.86. The van der Waals surface area contributed by atoms with Crippen molar-refractivity contribution in [1.29, 1.82) is 0 Å². The number of alkyl carbamates (subject to hydrolysis) is 1. The van der Waals surface area contributed by atoms with Crippen molar-refractivity contribution in [2.75, 3.05) is 0 Å². The van der Waals surface area contributed by atoms with E-state index in [2.05, 4.69) is 11.2 Å². The quantitative estimate of drug-likeness (QED) is 0.833. The molecule has 0 saturated heterocycles. The Labute approximate surface area is 121 Å². The SMILES string of the molecule is C#CCC[C@@H](Cc1ccccc1)NC(=O)OC(C)(C)C. The minimum Gasteiger partial charge on any atom is -0.444 e. The molecular weight excluding hydrogens is 250 g/mol. The van der Waals surface area contributed by atoms with Crippen molar-refractivity contribution in [3.63, 3.8) is 0 Å². The smallest absolute Gasteiger partial charge is 0.407 e. The minimum atomic E-state index is -0.493. The van der Waals surface area contributed by atoms with E-state index >= 15 is 0 Å². The molecule has 20 heavy (non-hydrogen) atoms. The molecule has 0 aliphatic carbocycles. The van der Waals surface area contributed by atoms with Crippen LogP contribution in [0.1, 0.15) is 39.2 Å². The van der Waals surface area contributed by atoms with Crippen molar-refractivity contribution in [2.24, 2.45) is 0 Å². The molecule has 0 heterocycles. The summed E-state index contributed by atoms with van der Waals surface area (Å²) in [7, 11) is 0. The Bertz CT molecular complexity index is 454. The lowest BCUT2D eigenvalue weighted by Crippen LogP contribution is -2.40. The third-order valence-corrected chi connectivity index (χ3v) is 2.68. The molecule has 0 aromatic heterocycles. The fraction of sp³-hybridized carbons (Fsp3) is 0.471. The highest BCUT2D eigenvalue weighted by Crippen LogP contribution is 2.10. The van der Waals surface area contributed by atoms with Gasteiger partial charge in [-0.05, 0) is 39.2 Å². The molecule has 1 aromatic carbocycles. The lowest BCUT2D eigenvalue weighted by Gasteiger charge is -2.23. The van der Waals surface area contributed by atoms with E-state index in [0.29, 0.717) is 6.42 Å². The van der Waals surface area contributed by atoms with Gasteiger partial charge in [0, 0.05) is 12.5 Å². The number of carbonyl (C=O) groups excluding carboxylic acids is 1. The lowest BCUT2D eigenvalue weighted by atomic mass is 10.0. The molecular formula is C17H23NO2. The Morgan fingerprint density at radius 3 is 2.55 bits per heavy atom. The van der Waals surface area contributed by atoms with Gasteiger partial charge in [0.05, 0.1) is 0 Å². The number of benzene rings is 1. The van der Waals surface area contributed by atoms with Crippen LogP contribution in [0.5, 0.6) is 0 Å². The van der Waals surface area contributed by atoms with Gasteiger partial charge in [-0.1, -0.05) is 30.3 Å². The van der Waals surface area contributed by atoms with Gasteiger partial charge in [0.25, 0.3) is 0 Å². The zero-order valence-corrected chi connectivity index (χ0v) is 12.5. The topological polar surface area (TPSA) is 38.3 Å². The van der Waals surface area contributed by atoms with Crippen molar-refractivity contribution in [3.8, 4) is 12.3 Å². The maximum atomic E-state index is 11.8. The summed E-state index contributed by atoms with van der Waals surface area (Å²) in [5.74, 6) is 2.61. The summed E-state index contributed by atoms with van der Waals surface area (Å²) >= 11 is 0. The molecule has 1 atom stereocenters. The maximum absolute atomic E-state index is 11.8. The highest BCUT2D eigenvalue weighted by molar-refractivity contribution is 5.68. The Balaban J connectivity index is 2.60. The molecule has 0 radical (unpaired) electrons. The average molecular weight is 273 g/mol. The van der Waals surface area contributed by atoms with E-state index in [9.17, 15) is 4.79 Å². The van der Waals surface area contributed by atoms with Gasteiger partial charge in [-0.25, -0.2) is 4.79 Å². The van der Waals surface area contributed by atoms with E-state index in [0.717, 1.165) is 12.8 Å². The molecule has 0 aliphatic heterocycles. The normalized spacial score (nSPS) is 12.3. The van der Waals surface area contributed by atoms with Gasteiger partial charge >= 0.3 is 6.09 Å². The van der Waals surface area contributed by atoms with Crippen LogP contribution < -0.4 is 5.32 Å². The standard InChI is InChI=1S/C17H23NO2/c1-5-6-12-15(13-14-10-8-7-9-11-14)18-16(19)20-17(2,3)4/h1,7-11,15H,6,12-13H2,2-4H3,(H,18,19)/t15-/m0/s1. The Hall–Kier alpha value is -1.95. The molecule has 3 nitrogen and oxygen atoms in total. The third kappa shape index (κ3) is 6.84. The maximum Gasteiger partial charge on any atom is 0.407 e. The zero-order valence-electron chi connectivity index (χ0n) is 12.5. The Kier molecular flexibility index (Phi) is 6.11. The van der Waals surface area contributed by atoms with Crippen LogP contribution in [0, 0.1) is 12.3 Å². The monoisotopic (exact) mass is 273 g/mol. The third-order valence-electron chi connectivity index (χ3n) is 2.68. The number of amides is 1. The number of hydrogen-bond donors (Lipinski definition) is 1. The molecule has 1 N–H and O–H groups in total. The summed E-state index contributed by atoms with van der Waals surface area (Å²) in [5, 5.41) is 2.90. The summed E-state index contributed by atoms with van der Waals surface area (Å²) in [6.45, 7) is 5.54. The number of ether oxygens (including phenoxy) is 1. The largest absolute Gasteiger partial charge is 0.444 e. The average Bonchev–Trinajstić information content (AvgIpc) is 2.35. The second-order valence-corrected chi connectivity index (χ2v) is 5.78. The number of nitrogens with one attached hydrogen (secondary N) is 1. The van der Waals surface area contributed by atoms with Crippen LogP contribution in [0.3, 0.4) is 0 Å². The zero-order chi connectivity index (χ0) is 15.0. The molecule has 3 heteroatoms. The van der Waals surface area contributed by atoms with Crippen molar-refractivity contribution in [1.82, 2.24) is 5.32 Å².